The topological polar surface area (TPSA) is 134 Å². The lowest BCUT2D eigenvalue weighted by Crippen LogP contribution is -2.24. The third kappa shape index (κ3) is 7.39. The van der Waals surface area contributed by atoms with E-state index in [-0.39, 0.29) is 28.8 Å². The Balaban J connectivity index is 1.58. The number of carbonyl (C=O) groups excluding carboxylic acids is 3. The normalized spacial score (nSPS) is 10.4. The summed E-state index contributed by atoms with van der Waals surface area (Å²) in [5.74, 6) is -2.50. The summed E-state index contributed by atoms with van der Waals surface area (Å²) in [5, 5.41) is 17.4. The second kappa shape index (κ2) is 12.0. The van der Waals surface area contributed by atoms with E-state index in [9.17, 15) is 24.3 Å². The molecule has 0 saturated heterocycles. The first-order valence-electron chi connectivity index (χ1n) is 10.8. The number of rotatable bonds is 9. The van der Waals surface area contributed by atoms with Crippen molar-refractivity contribution in [3.63, 3.8) is 0 Å². The Morgan fingerprint density at radius 3 is 2.17 bits per heavy atom. The lowest BCUT2D eigenvalue weighted by Gasteiger charge is -2.12. The minimum atomic E-state index is -1.24. The van der Waals surface area contributed by atoms with Crippen molar-refractivity contribution in [1.29, 1.82) is 0 Å². The Morgan fingerprint density at radius 2 is 1.50 bits per heavy atom. The van der Waals surface area contributed by atoms with Crippen LogP contribution >= 0.6 is 11.6 Å². The lowest BCUT2D eigenvalue weighted by atomic mass is 10.0. The van der Waals surface area contributed by atoms with Crippen LogP contribution in [0.5, 0.6) is 0 Å². The minimum Gasteiger partial charge on any atom is -0.478 e. The van der Waals surface area contributed by atoms with Gasteiger partial charge in [0.1, 0.15) is 13.2 Å². The summed E-state index contributed by atoms with van der Waals surface area (Å²) in [5.41, 5.74) is 3.65. The van der Waals surface area contributed by atoms with Gasteiger partial charge < -0.3 is 25.8 Å². The second-order valence-electron chi connectivity index (χ2n) is 7.88. The molecule has 0 bridgehead atoms. The van der Waals surface area contributed by atoms with Crippen LogP contribution in [0.25, 0.3) is 11.1 Å². The Bertz CT molecular complexity index is 1320. The van der Waals surface area contributed by atoms with Gasteiger partial charge in [0.15, 0.2) is 0 Å². The lowest BCUT2D eigenvalue weighted by molar-refractivity contribution is -0.125. The number of nitrogens with one attached hydrogen (secondary N) is 3. The fourth-order valence-corrected chi connectivity index (χ4v) is 3.50. The smallest absolute Gasteiger partial charge is 0.337 e. The molecule has 3 amide bonds. The number of aromatic carboxylic acids is 1. The molecule has 0 spiro atoms. The van der Waals surface area contributed by atoms with Crippen molar-refractivity contribution in [2.75, 3.05) is 29.2 Å². The number of carbonyl (C=O) groups is 4. The van der Waals surface area contributed by atoms with Crippen molar-refractivity contribution < 1.29 is 29.0 Å². The van der Waals surface area contributed by atoms with E-state index < -0.39 is 24.4 Å². The number of amides is 3. The molecule has 36 heavy (non-hydrogen) atoms. The van der Waals surface area contributed by atoms with Crippen molar-refractivity contribution in [1.82, 2.24) is 0 Å². The maximum Gasteiger partial charge on any atom is 0.337 e. The average molecular weight is 510 g/mol. The van der Waals surface area contributed by atoms with Crippen LogP contribution in [0.1, 0.15) is 22.8 Å². The SMILES string of the molecule is CC(=O)Nc1cccc(-c2ccc(C)c(NC(=O)COCC(=O)Nc3ccc(Cl)cc3C(=O)O)c2)c1. The molecule has 0 aliphatic carbocycles. The van der Waals surface area contributed by atoms with Gasteiger partial charge in [-0.3, -0.25) is 14.4 Å². The zero-order valence-electron chi connectivity index (χ0n) is 19.6. The molecule has 0 radical (unpaired) electrons. The molecule has 0 atom stereocenters. The molecule has 0 aliphatic heterocycles. The van der Waals surface area contributed by atoms with Crippen molar-refractivity contribution >= 4 is 52.4 Å². The van der Waals surface area contributed by atoms with E-state index in [0.717, 1.165) is 16.7 Å². The van der Waals surface area contributed by atoms with E-state index in [4.69, 9.17) is 16.3 Å². The predicted molar refractivity (Wildman–Crippen MR) is 137 cm³/mol. The predicted octanol–water partition coefficient (Wildman–Crippen LogP) is 4.57. The van der Waals surface area contributed by atoms with Gasteiger partial charge in [-0.1, -0.05) is 35.9 Å². The van der Waals surface area contributed by atoms with E-state index in [1.807, 2.05) is 37.3 Å². The van der Waals surface area contributed by atoms with Gasteiger partial charge in [0.25, 0.3) is 0 Å². The molecular weight excluding hydrogens is 486 g/mol. The minimum absolute atomic E-state index is 0.0694. The number of ether oxygens (including phenoxy) is 1. The summed E-state index contributed by atoms with van der Waals surface area (Å²) in [7, 11) is 0. The van der Waals surface area contributed by atoms with Crippen molar-refractivity contribution in [2.24, 2.45) is 0 Å². The number of carboxylic acids is 1. The largest absolute Gasteiger partial charge is 0.478 e. The molecule has 0 aromatic heterocycles. The molecule has 3 aromatic carbocycles. The van der Waals surface area contributed by atoms with Crippen molar-refractivity contribution in [3.8, 4) is 11.1 Å². The van der Waals surface area contributed by atoms with E-state index in [0.29, 0.717) is 11.4 Å². The molecule has 3 aromatic rings. The molecule has 186 valence electrons. The first-order valence-corrected chi connectivity index (χ1v) is 11.2. The molecule has 4 N–H and O–H groups in total. The number of hydrogen-bond acceptors (Lipinski definition) is 5. The molecule has 0 fully saturated rings. The third-order valence-electron chi connectivity index (χ3n) is 4.98. The van der Waals surface area contributed by atoms with E-state index >= 15 is 0 Å². The molecular formula is C26H24ClN3O6. The maximum atomic E-state index is 12.4. The standard InChI is InChI=1S/C26H24ClN3O6/c1-15-6-7-18(17-4-3-5-20(10-17)28-16(2)31)11-23(15)30-25(33)14-36-13-24(32)29-22-9-8-19(27)12-21(22)26(34)35/h3-12H,13-14H2,1-2H3,(H,28,31)(H,29,32)(H,30,33)(H,34,35). The van der Waals surface area contributed by atoms with Gasteiger partial charge in [0.2, 0.25) is 17.7 Å². The van der Waals surface area contributed by atoms with Crippen LogP contribution in [-0.2, 0) is 19.1 Å². The monoisotopic (exact) mass is 509 g/mol. The molecule has 10 heteroatoms. The van der Waals surface area contributed by atoms with Gasteiger partial charge >= 0.3 is 5.97 Å². The summed E-state index contributed by atoms with van der Waals surface area (Å²) in [4.78, 5) is 47.2. The number of hydrogen-bond donors (Lipinski definition) is 4. The third-order valence-corrected chi connectivity index (χ3v) is 5.22. The molecule has 9 nitrogen and oxygen atoms in total. The highest BCUT2D eigenvalue weighted by molar-refractivity contribution is 6.31. The van der Waals surface area contributed by atoms with Crippen LogP contribution in [0.2, 0.25) is 5.02 Å². The fourth-order valence-electron chi connectivity index (χ4n) is 3.33. The van der Waals surface area contributed by atoms with E-state index in [1.165, 1.54) is 25.1 Å². The summed E-state index contributed by atoms with van der Waals surface area (Å²) in [6.45, 7) is 2.43. The maximum absolute atomic E-state index is 12.4. The number of aryl methyl sites for hydroxylation is 1. The highest BCUT2D eigenvalue weighted by Crippen LogP contribution is 2.27. The van der Waals surface area contributed by atoms with Gasteiger partial charge in [-0.05, 0) is 60.0 Å². The number of carboxylic acid groups (broad SMARTS) is 1. The van der Waals surface area contributed by atoms with Crippen molar-refractivity contribution in [2.45, 2.75) is 13.8 Å². The van der Waals surface area contributed by atoms with Gasteiger partial charge in [0, 0.05) is 23.3 Å². The average Bonchev–Trinajstić information content (AvgIpc) is 2.81. The number of halogens is 1. The van der Waals surface area contributed by atoms with Crippen LogP contribution in [0, 0.1) is 6.92 Å². The van der Waals surface area contributed by atoms with Crippen molar-refractivity contribution in [3.05, 3.63) is 76.8 Å². The van der Waals surface area contributed by atoms with Gasteiger partial charge in [-0.2, -0.15) is 0 Å². The molecule has 3 rings (SSSR count). The first kappa shape index (κ1) is 26.4. The zero-order chi connectivity index (χ0) is 26.2. The van der Waals surface area contributed by atoms with Gasteiger partial charge in [0.05, 0.1) is 11.3 Å². The van der Waals surface area contributed by atoms with Gasteiger partial charge in [-0.15, -0.1) is 0 Å². The van der Waals surface area contributed by atoms with Crippen LogP contribution in [-0.4, -0.2) is 42.0 Å². The fraction of sp³-hybridized carbons (Fsp3) is 0.154. The first-order chi connectivity index (χ1) is 17.1. The molecule has 0 saturated carbocycles. The van der Waals surface area contributed by atoms with E-state index in [1.54, 1.807) is 12.1 Å². The highest BCUT2D eigenvalue weighted by Gasteiger charge is 2.14. The number of anilines is 3. The number of benzene rings is 3. The summed E-state index contributed by atoms with van der Waals surface area (Å²) >= 11 is 5.80. The van der Waals surface area contributed by atoms with Gasteiger partial charge in [-0.25, -0.2) is 4.79 Å². The second-order valence-corrected chi connectivity index (χ2v) is 8.31. The zero-order valence-corrected chi connectivity index (χ0v) is 20.3. The summed E-state index contributed by atoms with van der Waals surface area (Å²) < 4.78 is 5.20. The molecule has 0 heterocycles. The van der Waals surface area contributed by atoms with E-state index in [2.05, 4.69) is 16.0 Å². The van der Waals surface area contributed by atoms with Crippen LogP contribution in [0.3, 0.4) is 0 Å². The van der Waals surface area contributed by atoms with Crippen LogP contribution in [0.4, 0.5) is 17.1 Å². The molecule has 0 unspecified atom stereocenters. The Hall–Kier alpha value is -4.21. The summed E-state index contributed by atoms with van der Waals surface area (Å²) in [6.07, 6.45) is 0. The van der Waals surface area contributed by atoms with Crippen LogP contribution < -0.4 is 16.0 Å². The highest BCUT2D eigenvalue weighted by atomic mass is 35.5. The van der Waals surface area contributed by atoms with Crippen LogP contribution in [0.15, 0.2) is 60.7 Å². The summed E-state index contributed by atoms with van der Waals surface area (Å²) in [6, 6.07) is 16.9. The Morgan fingerprint density at radius 1 is 0.833 bits per heavy atom. The molecule has 0 aliphatic rings. The Labute approximate surface area is 212 Å². The Kier molecular flexibility index (Phi) is 8.77. The quantitative estimate of drug-likeness (QED) is 0.334.